The van der Waals surface area contributed by atoms with Gasteiger partial charge < -0.3 is 14.5 Å². The monoisotopic (exact) mass is 216 g/mol. The van der Waals surface area contributed by atoms with E-state index in [1.165, 1.54) is 4.90 Å². The fourth-order valence-electron chi connectivity index (χ4n) is 1.29. The average molecular weight is 216 g/mol. The summed E-state index contributed by atoms with van der Waals surface area (Å²) < 4.78 is 4.72. The topological polar surface area (TPSA) is 67.9 Å². The van der Waals surface area contributed by atoms with Crippen molar-refractivity contribution in [1.29, 1.82) is 0 Å². The molecule has 0 spiro atoms. The number of carbonyl (C=O) groups is 2. The van der Waals surface area contributed by atoms with Gasteiger partial charge in [-0.05, 0) is 26.7 Å². The van der Waals surface area contributed by atoms with E-state index in [2.05, 4.69) is 4.84 Å². The zero-order chi connectivity index (χ0) is 11.3. The zero-order valence-electron chi connectivity index (χ0n) is 8.99. The summed E-state index contributed by atoms with van der Waals surface area (Å²) in [5.74, 6) is 0. The highest BCUT2D eigenvalue weighted by Crippen LogP contribution is 2.07. The number of rotatable bonds is 1. The maximum atomic E-state index is 11.3. The Morgan fingerprint density at radius 2 is 1.87 bits per heavy atom. The Hall–Kier alpha value is -1.46. The molecule has 1 rings (SSSR count). The molecule has 1 aliphatic heterocycles. The van der Waals surface area contributed by atoms with Gasteiger partial charge in [0, 0.05) is 13.1 Å². The molecule has 0 aromatic carbocycles. The number of hydroxylamine groups is 1. The van der Waals surface area contributed by atoms with Crippen LogP contribution in [0, 0.1) is 0 Å². The number of hydrogen-bond donors (Lipinski definition) is 1. The lowest BCUT2D eigenvalue weighted by Crippen LogP contribution is -2.36. The van der Waals surface area contributed by atoms with Crippen LogP contribution in [0.4, 0.5) is 9.59 Å². The third-order valence-electron chi connectivity index (χ3n) is 1.93. The standard InChI is InChI=1S/C9H16N2O4/c1-7(2)14-8(12)10-15-9(13)11-5-3-4-6-11/h7H,3-6H2,1-2H3,(H,10,12). The van der Waals surface area contributed by atoms with E-state index >= 15 is 0 Å². The normalized spacial score (nSPS) is 15.3. The van der Waals surface area contributed by atoms with Crippen molar-refractivity contribution >= 4 is 12.2 Å². The van der Waals surface area contributed by atoms with E-state index < -0.39 is 12.2 Å². The minimum atomic E-state index is -0.752. The maximum Gasteiger partial charge on any atom is 0.441 e. The Labute approximate surface area is 88.5 Å². The molecule has 0 bridgehead atoms. The van der Waals surface area contributed by atoms with Crippen molar-refractivity contribution in [3.05, 3.63) is 0 Å². The molecule has 0 aliphatic carbocycles. The first kappa shape index (κ1) is 11.6. The molecule has 0 atom stereocenters. The average Bonchev–Trinajstić information content (AvgIpc) is 2.65. The Kier molecular flexibility index (Phi) is 4.20. The number of carbonyl (C=O) groups excluding carboxylic acids is 2. The predicted molar refractivity (Wildman–Crippen MR) is 52.0 cm³/mol. The fourth-order valence-corrected chi connectivity index (χ4v) is 1.29. The highest BCUT2D eigenvalue weighted by molar-refractivity contribution is 5.72. The smallest absolute Gasteiger partial charge is 0.441 e. The van der Waals surface area contributed by atoms with Gasteiger partial charge in [0.15, 0.2) is 0 Å². The lowest BCUT2D eigenvalue weighted by Gasteiger charge is -2.15. The second-order valence-electron chi connectivity index (χ2n) is 3.62. The van der Waals surface area contributed by atoms with Gasteiger partial charge in [-0.15, -0.1) is 5.48 Å². The Bertz CT molecular complexity index is 236. The van der Waals surface area contributed by atoms with E-state index in [-0.39, 0.29) is 6.10 Å². The van der Waals surface area contributed by atoms with Gasteiger partial charge in [0.1, 0.15) is 0 Å². The van der Waals surface area contributed by atoms with Crippen LogP contribution >= 0.6 is 0 Å². The van der Waals surface area contributed by atoms with Crippen LogP contribution in [-0.2, 0) is 9.57 Å². The summed E-state index contributed by atoms with van der Waals surface area (Å²) in [5.41, 5.74) is 1.94. The van der Waals surface area contributed by atoms with Crippen molar-refractivity contribution in [2.45, 2.75) is 32.8 Å². The molecule has 0 aromatic rings. The number of hydrogen-bond acceptors (Lipinski definition) is 4. The minimum absolute atomic E-state index is 0.240. The van der Waals surface area contributed by atoms with Crippen molar-refractivity contribution in [2.24, 2.45) is 0 Å². The molecule has 0 radical (unpaired) electrons. The maximum absolute atomic E-state index is 11.3. The summed E-state index contributed by atoms with van der Waals surface area (Å²) in [7, 11) is 0. The first-order chi connectivity index (χ1) is 7.09. The van der Waals surface area contributed by atoms with Gasteiger partial charge in [0.25, 0.3) is 0 Å². The van der Waals surface area contributed by atoms with Crippen LogP contribution in [0.2, 0.25) is 0 Å². The molecule has 1 saturated heterocycles. The van der Waals surface area contributed by atoms with E-state index in [0.29, 0.717) is 13.1 Å². The molecule has 0 saturated carbocycles. The van der Waals surface area contributed by atoms with E-state index in [4.69, 9.17) is 4.74 Å². The largest absolute Gasteiger partial charge is 0.445 e. The second kappa shape index (κ2) is 5.43. The van der Waals surface area contributed by atoms with Gasteiger partial charge in [-0.1, -0.05) is 0 Å². The van der Waals surface area contributed by atoms with Crippen LogP contribution in [0.25, 0.3) is 0 Å². The van der Waals surface area contributed by atoms with Gasteiger partial charge in [-0.3, -0.25) is 0 Å². The Morgan fingerprint density at radius 3 is 2.40 bits per heavy atom. The molecule has 1 heterocycles. The van der Waals surface area contributed by atoms with Crippen LogP contribution in [0.1, 0.15) is 26.7 Å². The van der Waals surface area contributed by atoms with Gasteiger partial charge in [-0.2, -0.15) is 0 Å². The van der Waals surface area contributed by atoms with Gasteiger partial charge in [0.2, 0.25) is 0 Å². The first-order valence-corrected chi connectivity index (χ1v) is 5.02. The number of likely N-dealkylation sites (tertiary alicyclic amines) is 1. The van der Waals surface area contributed by atoms with Gasteiger partial charge in [-0.25, -0.2) is 9.59 Å². The molecular formula is C9H16N2O4. The lowest BCUT2D eigenvalue weighted by atomic mass is 10.4. The number of amides is 2. The third-order valence-corrected chi connectivity index (χ3v) is 1.93. The van der Waals surface area contributed by atoms with E-state index in [1.54, 1.807) is 13.8 Å². The highest BCUT2D eigenvalue weighted by atomic mass is 16.7. The van der Waals surface area contributed by atoms with Crippen molar-refractivity contribution in [2.75, 3.05) is 13.1 Å². The number of ether oxygens (including phenoxy) is 1. The molecule has 6 heteroatoms. The SMILES string of the molecule is CC(C)OC(=O)NOC(=O)N1CCCC1. The quantitative estimate of drug-likeness (QED) is 0.670. The van der Waals surface area contributed by atoms with Gasteiger partial charge in [0.05, 0.1) is 6.10 Å². The van der Waals surface area contributed by atoms with E-state index in [1.807, 2.05) is 5.48 Å². The second-order valence-corrected chi connectivity index (χ2v) is 3.62. The van der Waals surface area contributed by atoms with Crippen molar-refractivity contribution in [3.63, 3.8) is 0 Å². The molecule has 1 N–H and O–H groups in total. The zero-order valence-corrected chi connectivity index (χ0v) is 8.99. The van der Waals surface area contributed by atoms with Crippen molar-refractivity contribution < 1.29 is 19.2 Å². The lowest BCUT2D eigenvalue weighted by molar-refractivity contribution is 0.0358. The van der Waals surface area contributed by atoms with Crippen LogP contribution < -0.4 is 5.48 Å². The summed E-state index contributed by atoms with van der Waals surface area (Å²) in [6.07, 6.45) is 0.429. The molecule has 6 nitrogen and oxygen atoms in total. The highest BCUT2D eigenvalue weighted by Gasteiger charge is 2.20. The molecule has 1 fully saturated rings. The molecule has 86 valence electrons. The third kappa shape index (κ3) is 4.05. The Balaban J connectivity index is 2.18. The Morgan fingerprint density at radius 1 is 1.27 bits per heavy atom. The van der Waals surface area contributed by atoms with Crippen molar-refractivity contribution in [3.8, 4) is 0 Å². The van der Waals surface area contributed by atoms with Gasteiger partial charge >= 0.3 is 12.2 Å². The predicted octanol–water partition coefficient (Wildman–Crippen LogP) is 1.27. The summed E-state index contributed by atoms with van der Waals surface area (Å²) in [4.78, 5) is 28.3. The molecule has 15 heavy (non-hydrogen) atoms. The minimum Gasteiger partial charge on any atom is -0.445 e. The van der Waals surface area contributed by atoms with E-state index in [9.17, 15) is 9.59 Å². The summed E-state index contributed by atoms with van der Waals surface area (Å²) in [6, 6.07) is 0. The van der Waals surface area contributed by atoms with E-state index in [0.717, 1.165) is 12.8 Å². The van der Waals surface area contributed by atoms with Crippen LogP contribution in [0.15, 0.2) is 0 Å². The molecule has 2 amide bonds. The number of nitrogens with zero attached hydrogens (tertiary/aromatic N) is 1. The summed E-state index contributed by atoms with van der Waals surface area (Å²) in [5, 5.41) is 0. The molecule has 0 unspecified atom stereocenters. The fraction of sp³-hybridized carbons (Fsp3) is 0.778. The van der Waals surface area contributed by atoms with Crippen LogP contribution in [0.5, 0.6) is 0 Å². The molecular weight excluding hydrogens is 200 g/mol. The molecule has 0 aromatic heterocycles. The number of nitrogens with one attached hydrogen (secondary N) is 1. The van der Waals surface area contributed by atoms with Crippen molar-refractivity contribution in [1.82, 2.24) is 10.4 Å². The first-order valence-electron chi connectivity index (χ1n) is 5.02. The molecule has 1 aliphatic rings. The summed E-state index contributed by atoms with van der Waals surface area (Å²) in [6.45, 7) is 4.78. The van der Waals surface area contributed by atoms with Crippen LogP contribution in [0.3, 0.4) is 0 Å². The summed E-state index contributed by atoms with van der Waals surface area (Å²) >= 11 is 0. The van der Waals surface area contributed by atoms with Crippen LogP contribution in [-0.4, -0.2) is 36.3 Å².